The van der Waals surface area contributed by atoms with Crippen molar-refractivity contribution in [3.63, 3.8) is 0 Å². The number of benzene rings is 1. The molecule has 2 aromatic rings. The molecule has 0 radical (unpaired) electrons. The van der Waals surface area contributed by atoms with E-state index in [9.17, 15) is 4.79 Å². The Morgan fingerprint density at radius 1 is 1.10 bits per heavy atom. The summed E-state index contributed by atoms with van der Waals surface area (Å²) in [5.41, 5.74) is 2.93. The van der Waals surface area contributed by atoms with Crippen molar-refractivity contribution in [2.75, 3.05) is 7.05 Å². The normalized spacial score (nSPS) is 11.2. The molecule has 2 rings (SSSR count). The van der Waals surface area contributed by atoms with Crippen LogP contribution in [0.3, 0.4) is 0 Å². The third-order valence-electron chi connectivity index (χ3n) is 3.47. The molecular weight excluding hydrogens is 260 g/mol. The molecule has 0 aliphatic carbocycles. The van der Waals surface area contributed by atoms with Gasteiger partial charge in [0.25, 0.3) is 5.91 Å². The summed E-state index contributed by atoms with van der Waals surface area (Å²) < 4.78 is 0. The third-order valence-corrected chi connectivity index (χ3v) is 3.47. The first-order valence-corrected chi connectivity index (χ1v) is 7.14. The molecular formula is C18H22N2O. The van der Waals surface area contributed by atoms with Crippen molar-refractivity contribution in [1.29, 1.82) is 0 Å². The zero-order chi connectivity index (χ0) is 15.5. The van der Waals surface area contributed by atoms with Crippen LogP contribution < -0.4 is 0 Å². The van der Waals surface area contributed by atoms with E-state index in [1.165, 1.54) is 5.56 Å². The summed E-state index contributed by atoms with van der Waals surface area (Å²) in [7, 11) is 1.80. The van der Waals surface area contributed by atoms with E-state index in [2.05, 4.69) is 25.8 Å². The van der Waals surface area contributed by atoms with Gasteiger partial charge in [-0.2, -0.15) is 0 Å². The Bertz CT molecular complexity index is 597. The summed E-state index contributed by atoms with van der Waals surface area (Å²) in [5.74, 6) is 0.0149. The summed E-state index contributed by atoms with van der Waals surface area (Å²) in [6.07, 6.45) is 1.74. The van der Waals surface area contributed by atoms with E-state index in [1.807, 2.05) is 42.5 Å². The maximum Gasteiger partial charge on any atom is 0.253 e. The SMILES string of the molecule is CN(Cc1ccccn1)C(=O)c1ccc(C(C)(C)C)cc1. The van der Waals surface area contributed by atoms with E-state index in [4.69, 9.17) is 0 Å². The van der Waals surface area contributed by atoms with Gasteiger partial charge in [-0.05, 0) is 35.2 Å². The maximum absolute atomic E-state index is 12.4. The van der Waals surface area contributed by atoms with Crippen molar-refractivity contribution in [1.82, 2.24) is 9.88 Å². The van der Waals surface area contributed by atoms with Crippen molar-refractivity contribution in [3.05, 3.63) is 65.5 Å². The Balaban J connectivity index is 2.09. The molecule has 21 heavy (non-hydrogen) atoms. The van der Waals surface area contributed by atoms with Crippen LogP contribution in [0.4, 0.5) is 0 Å². The lowest BCUT2D eigenvalue weighted by molar-refractivity contribution is 0.0783. The van der Waals surface area contributed by atoms with Crippen molar-refractivity contribution in [3.8, 4) is 0 Å². The fourth-order valence-electron chi connectivity index (χ4n) is 2.14. The molecule has 1 heterocycles. The summed E-state index contributed by atoms with van der Waals surface area (Å²) in [6, 6.07) is 13.6. The number of hydrogen-bond acceptors (Lipinski definition) is 2. The molecule has 0 saturated heterocycles. The van der Waals surface area contributed by atoms with Crippen LogP contribution in [0.5, 0.6) is 0 Å². The first kappa shape index (κ1) is 15.2. The van der Waals surface area contributed by atoms with E-state index in [1.54, 1.807) is 18.1 Å². The molecule has 110 valence electrons. The van der Waals surface area contributed by atoms with Crippen LogP contribution in [0.25, 0.3) is 0 Å². The van der Waals surface area contributed by atoms with Crippen molar-refractivity contribution in [2.24, 2.45) is 0 Å². The Morgan fingerprint density at radius 3 is 2.29 bits per heavy atom. The van der Waals surface area contributed by atoms with Crippen molar-refractivity contribution < 1.29 is 4.79 Å². The average molecular weight is 282 g/mol. The highest BCUT2D eigenvalue weighted by molar-refractivity contribution is 5.94. The van der Waals surface area contributed by atoms with Gasteiger partial charge in [0.15, 0.2) is 0 Å². The quantitative estimate of drug-likeness (QED) is 0.861. The second-order valence-corrected chi connectivity index (χ2v) is 6.31. The molecule has 0 bridgehead atoms. The van der Waals surface area contributed by atoms with Gasteiger partial charge in [0, 0.05) is 18.8 Å². The van der Waals surface area contributed by atoms with Gasteiger partial charge >= 0.3 is 0 Å². The van der Waals surface area contributed by atoms with E-state index in [0.717, 1.165) is 5.69 Å². The average Bonchev–Trinajstić information content (AvgIpc) is 2.46. The third kappa shape index (κ3) is 3.91. The first-order valence-electron chi connectivity index (χ1n) is 7.14. The minimum absolute atomic E-state index is 0.0149. The highest BCUT2D eigenvalue weighted by Gasteiger charge is 2.16. The number of carbonyl (C=O) groups is 1. The predicted octanol–water partition coefficient (Wildman–Crippen LogP) is 3.65. The second kappa shape index (κ2) is 6.08. The topological polar surface area (TPSA) is 33.2 Å². The van der Waals surface area contributed by atoms with E-state index in [-0.39, 0.29) is 11.3 Å². The zero-order valence-electron chi connectivity index (χ0n) is 13.1. The minimum atomic E-state index is 0.0149. The van der Waals surface area contributed by atoms with Gasteiger partial charge in [0.1, 0.15) is 0 Å². The number of rotatable bonds is 3. The summed E-state index contributed by atoms with van der Waals surface area (Å²) in [5, 5.41) is 0. The molecule has 3 heteroatoms. The smallest absolute Gasteiger partial charge is 0.253 e. The van der Waals surface area contributed by atoms with Gasteiger partial charge in [-0.1, -0.05) is 39.0 Å². The molecule has 0 N–H and O–H groups in total. The Hall–Kier alpha value is -2.16. The molecule has 1 aromatic heterocycles. The lowest BCUT2D eigenvalue weighted by Crippen LogP contribution is -2.26. The highest BCUT2D eigenvalue weighted by atomic mass is 16.2. The summed E-state index contributed by atoms with van der Waals surface area (Å²) in [6.45, 7) is 7.01. The molecule has 0 aliphatic heterocycles. The van der Waals surface area contributed by atoms with E-state index >= 15 is 0 Å². The molecule has 0 spiro atoms. The minimum Gasteiger partial charge on any atom is -0.336 e. The lowest BCUT2D eigenvalue weighted by atomic mass is 9.86. The van der Waals surface area contributed by atoms with Gasteiger partial charge in [-0.15, -0.1) is 0 Å². The van der Waals surface area contributed by atoms with E-state index < -0.39 is 0 Å². The molecule has 0 unspecified atom stereocenters. The lowest BCUT2D eigenvalue weighted by Gasteiger charge is -2.20. The zero-order valence-corrected chi connectivity index (χ0v) is 13.1. The van der Waals surface area contributed by atoms with Crippen LogP contribution in [0.1, 0.15) is 42.4 Å². The predicted molar refractivity (Wildman–Crippen MR) is 85.2 cm³/mol. The molecule has 0 aliphatic rings. The number of carbonyl (C=O) groups excluding carboxylic acids is 1. The Labute approximate surface area is 126 Å². The van der Waals surface area contributed by atoms with Crippen LogP contribution in [-0.4, -0.2) is 22.8 Å². The van der Waals surface area contributed by atoms with Crippen molar-refractivity contribution >= 4 is 5.91 Å². The molecule has 3 nitrogen and oxygen atoms in total. The van der Waals surface area contributed by atoms with Gasteiger partial charge in [-0.25, -0.2) is 0 Å². The van der Waals surface area contributed by atoms with Crippen LogP contribution in [0.2, 0.25) is 0 Å². The highest BCUT2D eigenvalue weighted by Crippen LogP contribution is 2.22. The van der Waals surface area contributed by atoms with Gasteiger partial charge in [0.05, 0.1) is 12.2 Å². The number of nitrogens with zero attached hydrogens (tertiary/aromatic N) is 2. The first-order chi connectivity index (χ1) is 9.88. The Kier molecular flexibility index (Phi) is 4.41. The number of amides is 1. The fourth-order valence-corrected chi connectivity index (χ4v) is 2.14. The van der Waals surface area contributed by atoms with Gasteiger partial charge in [0.2, 0.25) is 0 Å². The van der Waals surface area contributed by atoms with Gasteiger partial charge < -0.3 is 4.90 Å². The number of hydrogen-bond donors (Lipinski definition) is 0. The monoisotopic (exact) mass is 282 g/mol. The summed E-state index contributed by atoms with van der Waals surface area (Å²) >= 11 is 0. The van der Waals surface area contributed by atoms with Crippen LogP contribution in [0.15, 0.2) is 48.7 Å². The number of aromatic nitrogens is 1. The van der Waals surface area contributed by atoms with Crippen LogP contribution >= 0.6 is 0 Å². The standard InChI is InChI=1S/C18H22N2O/c1-18(2,3)15-10-8-14(9-11-15)17(21)20(4)13-16-7-5-6-12-19-16/h5-12H,13H2,1-4H3. The molecule has 0 atom stereocenters. The molecule has 1 amide bonds. The van der Waals surface area contributed by atoms with Crippen LogP contribution in [-0.2, 0) is 12.0 Å². The summed E-state index contributed by atoms with van der Waals surface area (Å²) in [4.78, 5) is 18.3. The molecule has 1 aromatic carbocycles. The Morgan fingerprint density at radius 2 is 1.76 bits per heavy atom. The van der Waals surface area contributed by atoms with E-state index in [0.29, 0.717) is 12.1 Å². The largest absolute Gasteiger partial charge is 0.336 e. The van der Waals surface area contributed by atoms with Crippen LogP contribution in [0, 0.1) is 0 Å². The molecule has 0 saturated carbocycles. The second-order valence-electron chi connectivity index (χ2n) is 6.31. The maximum atomic E-state index is 12.4. The van der Waals surface area contributed by atoms with Gasteiger partial charge in [-0.3, -0.25) is 9.78 Å². The number of pyridine rings is 1. The molecule has 0 fully saturated rings. The van der Waals surface area contributed by atoms with Crippen molar-refractivity contribution in [2.45, 2.75) is 32.7 Å². The fraction of sp³-hybridized carbons (Fsp3) is 0.333.